The van der Waals surface area contributed by atoms with Gasteiger partial charge in [-0.1, -0.05) is 35.3 Å². The number of hydrogen-bond donors (Lipinski definition) is 3. The molecule has 0 radical (unpaired) electrons. The van der Waals surface area contributed by atoms with Crippen LogP contribution in [0.2, 0.25) is 10.0 Å². The van der Waals surface area contributed by atoms with Crippen LogP contribution in [0.5, 0.6) is 5.75 Å². The van der Waals surface area contributed by atoms with Gasteiger partial charge < -0.3 is 16.2 Å². The molecule has 0 aliphatic carbocycles. The normalized spacial score (nSPS) is 11.7. The maximum absolute atomic E-state index is 12.5. The lowest BCUT2D eigenvalue weighted by molar-refractivity contribution is -0.127. The summed E-state index contributed by atoms with van der Waals surface area (Å²) in [4.78, 5) is 28.6. The minimum Gasteiger partial charge on any atom is -0.508 e. The van der Waals surface area contributed by atoms with Crippen LogP contribution in [0.15, 0.2) is 73.1 Å². The predicted molar refractivity (Wildman–Crippen MR) is 147 cm³/mol. The number of carbonyl (C=O) groups excluding carboxylic acids is 2. The fourth-order valence-electron chi connectivity index (χ4n) is 4.04. The lowest BCUT2D eigenvalue weighted by Gasteiger charge is -2.15. The Bertz CT molecular complexity index is 1410. The quantitative estimate of drug-likeness (QED) is 0.229. The standard InChI is InChI=1S/C28H27Cl2N5O3/c29-23-12-9-21(15-24(23)30)35-20(16-25(34-35)19-4-3-13-32-17-19)5-1-2-6-27(37)33-26(28(31)38)14-18-7-10-22(36)11-8-18/h3-4,7-13,15-17,26,36H,1-2,5-6,14H2,(H2,31,38)(H,33,37). The number of phenols is 1. The number of hydrogen-bond acceptors (Lipinski definition) is 5. The van der Waals surface area contributed by atoms with E-state index in [9.17, 15) is 14.7 Å². The first kappa shape index (κ1) is 27.2. The van der Waals surface area contributed by atoms with Crippen LogP contribution in [0.3, 0.4) is 0 Å². The summed E-state index contributed by atoms with van der Waals surface area (Å²) in [5.74, 6) is -0.733. The molecule has 10 heteroatoms. The molecule has 0 bridgehead atoms. The SMILES string of the molecule is NC(=O)C(Cc1ccc(O)cc1)NC(=O)CCCCc1cc(-c2cccnc2)nn1-c1ccc(Cl)c(Cl)c1. The van der Waals surface area contributed by atoms with Crippen molar-refractivity contribution in [1.82, 2.24) is 20.1 Å². The van der Waals surface area contributed by atoms with Crippen LogP contribution in [0.25, 0.3) is 16.9 Å². The van der Waals surface area contributed by atoms with Crippen LogP contribution in [0.1, 0.15) is 30.5 Å². The molecule has 38 heavy (non-hydrogen) atoms. The van der Waals surface area contributed by atoms with Crippen molar-refractivity contribution in [2.75, 3.05) is 0 Å². The van der Waals surface area contributed by atoms with E-state index in [-0.39, 0.29) is 24.5 Å². The molecule has 1 atom stereocenters. The van der Waals surface area contributed by atoms with E-state index in [0.717, 1.165) is 28.2 Å². The predicted octanol–water partition coefficient (Wildman–Crippen LogP) is 4.87. The second-order valence-corrected chi connectivity index (χ2v) is 9.69. The minimum atomic E-state index is -0.829. The topological polar surface area (TPSA) is 123 Å². The highest BCUT2D eigenvalue weighted by Gasteiger charge is 2.19. The molecule has 4 N–H and O–H groups in total. The summed E-state index contributed by atoms with van der Waals surface area (Å²) < 4.78 is 1.82. The molecule has 0 saturated heterocycles. The maximum Gasteiger partial charge on any atom is 0.240 e. The zero-order chi connectivity index (χ0) is 27.1. The third kappa shape index (κ3) is 7.12. The molecular formula is C28H27Cl2N5O3. The number of phenolic OH excluding ortho intramolecular Hbond substituents is 1. The monoisotopic (exact) mass is 551 g/mol. The van der Waals surface area contributed by atoms with Gasteiger partial charge in [-0.25, -0.2) is 4.68 Å². The van der Waals surface area contributed by atoms with Crippen LogP contribution in [0.4, 0.5) is 0 Å². The van der Waals surface area contributed by atoms with Crippen molar-refractivity contribution in [3.8, 4) is 22.7 Å². The molecule has 196 valence electrons. The van der Waals surface area contributed by atoms with Crippen LogP contribution < -0.4 is 11.1 Å². The number of carbonyl (C=O) groups is 2. The summed E-state index contributed by atoms with van der Waals surface area (Å²) >= 11 is 12.4. The second kappa shape index (κ2) is 12.6. The Morgan fingerprint density at radius 2 is 1.82 bits per heavy atom. The largest absolute Gasteiger partial charge is 0.508 e. The number of aryl methyl sites for hydroxylation is 1. The first-order chi connectivity index (χ1) is 18.3. The van der Waals surface area contributed by atoms with Gasteiger partial charge in [-0.15, -0.1) is 0 Å². The summed E-state index contributed by atoms with van der Waals surface area (Å²) in [5, 5.41) is 17.8. The van der Waals surface area contributed by atoms with Crippen molar-refractivity contribution < 1.29 is 14.7 Å². The van der Waals surface area contributed by atoms with E-state index in [1.54, 1.807) is 36.7 Å². The molecule has 0 fully saturated rings. The molecule has 0 spiro atoms. The van der Waals surface area contributed by atoms with Gasteiger partial charge in [0.2, 0.25) is 11.8 Å². The molecule has 2 heterocycles. The number of halogens is 2. The lowest BCUT2D eigenvalue weighted by atomic mass is 10.0. The van der Waals surface area contributed by atoms with Crippen LogP contribution in [-0.4, -0.2) is 37.7 Å². The van der Waals surface area contributed by atoms with E-state index in [2.05, 4.69) is 10.3 Å². The van der Waals surface area contributed by atoms with Crippen molar-refractivity contribution in [1.29, 1.82) is 0 Å². The van der Waals surface area contributed by atoms with E-state index in [0.29, 0.717) is 29.3 Å². The number of rotatable bonds is 11. The first-order valence-corrected chi connectivity index (χ1v) is 12.9. The first-order valence-electron chi connectivity index (χ1n) is 12.1. The van der Waals surface area contributed by atoms with Crippen molar-refractivity contribution in [3.05, 3.63) is 94.4 Å². The van der Waals surface area contributed by atoms with Gasteiger partial charge in [0.25, 0.3) is 0 Å². The number of primary amides is 1. The Labute approximate surface area is 230 Å². The number of unbranched alkanes of at least 4 members (excludes halogenated alkanes) is 1. The maximum atomic E-state index is 12.5. The zero-order valence-electron chi connectivity index (χ0n) is 20.5. The van der Waals surface area contributed by atoms with Crippen molar-refractivity contribution in [3.63, 3.8) is 0 Å². The second-order valence-electron chi connectivity index (χ2n) is 8.87. The molecular weight excluding hydrogens is 525 g/mol. The van der Waals surface area contributed by atoms with Crippen molar-refractivity contribution in [2.45, 2.75) is 38.1 Å². The Kier molecular flexibility index (Phi) is 8.99. The third-order valence-electron chi connectivity index (χ3n) is 6.03. The molecule has 2 aromatic carbocycles. The third-order valence-corrected chi connectivity index (χ3v) is 6.77. The number of nitrogens with two attached hydrogens (primary N) is 1. The highest BCUT2D eigenvalue weighted by molar-refractivity contribution is 6.42. The molecule has 0 aliphatic rings. The fraction of sp³-hybridized carbons (Fsp3) is 0.214. The molecule has 0 aliphatic heterocycles. The van der Waals surface area contributed by atoms with Gasteiger partial charge in [0, 0.05) is 36.5 Å². The van der Waals surface area contributed by atoms with Crippen LogP contribution in [0, 0.1) is 0 Å². The smallest absolute Gasteiger partial charge is 0.240 e. The van der Waals surface area contributed by atoms with Crippen molar-refractivity contribution in [2.24, 2.45) is 5.73 Å². The zero-order valence-corrected chi connectivity index (χ0v) is 22.0. The average Bonchev–Trinajstić information content (AvgIpc) is 3.34. The van der Waals surface area contributed by atoms with Gasteiger partial charge >= 0.3 is 0 Å². The van der Waals surface area contributed by atoms with Gasteiger partial charge in [-0.3, -0.25) is 14.6 Å². The van der Waals surface area contributed by atoms with Gasteiger partial charge in [-0.05, 0) is 73.4 Å². The van der Waals surface area contributed by atoms with Crippen LogP contribution in [-0.2, 0) is 22.4 Å². The number of nitrogens with one attached hydrogen (secondary N) is 1. The van der Waals surface area contributed by atoms with Crippen molar-refractivity contribution >= 4 is 35.0 Å². The summed E-state index contributed by atoms with van der Waals surface area (Å²) in [6, 6.07) is 16.7. The van der Waals surface area contributed by atoms with Gasteiger partial charge in [-0.2, -0.15) is 5.10 Å². The fourth-order valence-corrected chi connectivity index (χ4v) is 4.33. The molecule has 8 nitrogen and oxygen atoms in total. The van der Waals surface area contributed by atoms with E-state index in [1.165, 1.54) is 12.1 Å². The number of aromatic hydroxyl groups is 1. The summed E-state index contributed by atoms with van der Waals surface area (Å²) in [7, 11) is 0. The Morgan fingerprint density at radius 3 is 2.50 bits per heavy atom. The molecule has 0 saturated carbocycles. The minimum absolute atomic E-state index is 0.126. The number of pyridine rings is 1. The molecule has 1 unspecified atom stereocenters. The number of benzene rings is 2. The van der Waals surface area contributed by atoms with Gasteiger partial charge in [0.1, 0.15) is 11.8 Å². The van der Waals surface area contributed by atoms with Gasteiger partial charge in [0.05, 0.1) is 21.4 Å². The average molecular weight is 552 g/mol. The van der Waals surface area contributed by atoms with E-state index >= 15 is 0 Å². The Balaban J connectivity index is 1.39. The molecule has 4 aromatic rings. The highest BCUT2D eigenvalue weighted by Crippen LogP contribution is 2.27. The lowest BCUT2D eigenvalue weighted by Crippen LogP contribution is -2.45. The molecule has 4 rings (SSSR count). The Hall–Kier alpha value is -3.88. The van der Waals surface area contributed by atoms with Gasteiger partial charge in [0.15, 0.2) is 0 Å². The summed E-state index contributed by atoms with van der Waals surface area (Å²) in [5.41, 5.74) is 9.67. The molecule has 2 aromatic heterocycles. The Morgan fingerprint density at radius 1 is 1.03 bits per heavy atom. The molecule has 2 amide bonds. The summed E-state index contributed by atoms with van der Waals surface area (Å²) in [6.07, 6.45) is 5.93. The number of amides is 2. The summed E-state index contributed by atoms with van der Waals surface area (Å²) in [6.45, 7) is 0. The van der Waals surface area contributed by atoms with E-state index < -0.39 is 11.9 Å². The van der Waals surface area contributed by atoms with E-state index in [1.807, 2.05) is 28.9 Å². The highest BCUT2D eigenvalue weighted by atomic mass is 35.5. The van der Waals surface area contributed by atoms with Crippen LogP contribution >= 0.6 is 23.2 Å². The van der Waals surface area contributed by atoms with E-state index in [4.69, 9.17) is 34.0 Å². The number of nitrogens with zero attached hydrogens (tertiary/aromatic N) is 3. The number of aromatic nitrogens is 3.